The molecule has 1 unspecified atom stereocenters. The van der Waals surface area contributed by atoms with Crippen molar-refractivity contribution in [3.63, 3.8) is 0 Å². The Balaban J connectivity index is 1.89. The Morgan fingerprint density at radius 2 is 1.46 bits per heavy atom. The first-order chi connectivity index (χ1) is 12.6. The van der Waals surface area contributed by atoms with E-state index in [1.807, 2.05) is 6.07 Å². The minimum Gasteiger partial charge on any atom is -0.378 e. The second-order valence-electron chi connectivity index (χ2n) is 6.82. The predicted molar refractivity (Wildman–Crippen MR) is 110 cm³/mol. The Kier molecular flexibility index (Phi) is 4.21. The molecule has 0 aliphatic rings. The van der Waals surface area contributed by atoms with Gasteiger partial charge >= 0.3 is 0 Å². The molecule has 0 aliphatic carbocycles. The molecule has 3 nitrogen and oxygen atoms in total. The molecule has 4 aromatic rings. The number of fused-ring (bicyclic) bond motifs is 1. The summed E-state index contributed by atoms with van der Waals surface area (Å²) >= 11 is 0. The lowest BCUT2D eigenvalue weighted by Gasteiger charge is -2.19. The van der Waals surface area contributed by atoms with Crippen molar-refractivity contribution in [2.75, 3.05) is 19.0 Å². The first kappa shape index (κ1) is 16.4. The van der Waals surface area contributed by atoms with E-state index < -0.39 is 0 Å². The van der Waals surface area contributed by atoms with Crippen molar-refractivity contribution in [3.05, 3.63) is 84.4 Å². The van der Waals surface area contributed by atoms with Gasteiger partial charge in [0.05, 0.1) is 17.1 Å². The van der Waals surface area contributed by atoms with E-state index in [4.69, 9.17) is 4.98 Å². The van der Waals surface area contributed by atoms with Crippen molar-refractivity contribution in [2.24, 2.45) is 0 Å². The summed E-state index contributed by atoms with van der Waals surface area (Å²) in [5, 5.41) is 0. The third-order valence-electron chi connectivity index (χ3n) is 4.91. The van der Waals surface area contributed by atoms with Gasteiger partial charge in [0.1, 0.15) is 5.82 Å². The molecular weight excluding hydrogens is 318 g/mol. The van der Waals surface area contributed by atoms with Gasteiger partial charge in [-0.25, -0.2) is 4.98 Å². The molecule has 1 atom stereocenters. The van der Waals surface area contributed by atoms with Gasteiger partial charge in [0.2, 0.25) is 0 Å². The van der Waals surface area contributed by atoms with E-state index in [9.17, 15) is 0 Å². The fourth-order valence-electron chi connectivity index (χ4n) is 3.43. The quantitative estimate of drug-likeness (QED) is 0.497. The molecule has 0 N–H and O–H groups in total. The number of nitrogens with zero attached hydrogens (tertiary/aromatic N) is 3. The van der Waals surface area contributed by atoms with E-state index in [1.54, 1.807) is 0 Å². The van der Waals surface area contributed by atoms with Gasteiger partial charge in [-0.05, 0) is 48.9 Å². The number of para-hydroxylation sites is 2. The topological polar surface area (TPSA) is 21.1 Å². The maximum atomic E-state index is 4.95. The van der Waals surface area contributed by atoms with Crippen molar-refractivity contribution in [1.82, 2.24) is 9.55 Å². The predicted octanol–water partition coefficient (Wildman–Crippen LogP) is 5.38. The van der Waals surface area contributed by atoms with Crippen molar-refractivity contribution >= 4 is 16.7 Å². The van der Waals surface area contributed by atoms with Gasteiger partial charge in [0.15, 0.2) is 0 Å². The van der Waals surface area contributed by atoms with Crippen LogP contribution in [0.2, 0.25) is 0 Å². The average molecular weight is 341 g/mol. The Bertz CT molecular complexity index is 1010. The van der Waals surface area contributed by atoms with Gasteiger partial charge in [-0.15, -0.1) is 0 Å². The lowest BCUT2D eigenvalue weighted by molar-refractivity contribution is 0.665. The lowest BCUT2D eigenvalue weighted by Crippen LogP contribution is -2.09. The SMILES string of the molecule is CC(c1ccccc1)n1c(-c2ccc(N(C)C)cc2)nc2ccccc21. The number of aromatic nitrogens is 2. The van der Waals surface area contributed by atoms with Gasteiger partial charge in [-0.1, -0.05) is 42.5 Å². The highest BCUT2D eigenvalue weighted by Gasteiger charge is 2.18. The molecule has 0 amide bonds. The van der Waals surface area contributed by atoms with Gasteiger partial charge in [-0.3, -0.25) is 0 Å². The highest BCUT2D eigenvalue weighted by molar-refractivity contribution is 5.81. The molecule has 0 radical (unpaired) electrons. The highest BCUT2D eigenvalue weighted by atomic mass is 15.1. The monoisotopic (exact) mass is 341 g/mol. The van der Waals surface area contributed by atoms with Gasteiger partial charge < -0.3 is 9.47 Å². The van der Waals surface area contributed by atoms with E-state index >= 15 is 0 Å². The van der Waals surface area contributed by atoms with E-state index in [-0.39, 0.29) is 6.04 Å². The number of hydrogen-bond acceptors (Lipinski definition) is 2. The molecule has 4 rings (SSSR count). The second kappa shape index (κ2) is 6.68. The number of rotatable bonds is 4. The zero-order valence-corrected chi connectivity index (χ0v) is 15.4. The minimum atomic E-state index is 0.201. The molecule has 3 aromatic carbocycles. The molecule has 130 valence electrons. The largest absolute Gasteiger partial charge is 0.378 e. The Morgan fingerprint density at radius 3 is 2.15 bits per heavy atom. The molecule has 0 spiro atoms. The lowest BCUT2D eigenvalue weighted by atomic mass is 10.1. The molecule has 0 saturated carbocycles. The summed E-state index contributed by atoms with van der Waals surface area (Å²) in [4.78, 5) is 7.06. The summed E-state index contributed by atoms with van der Waals surface area (Å²) in [6.07, 6.45) is 0. The van der Waals surface area contributed by atoms with Crippen LogP contribution in [0, 0.1) is 0 Å². The van der Waals surface area contributed by atoms with Crippen LogP contribution in [-0.2, 0) is 0 Å². The first-order valence-corrected chi connectivity index (χ1v) is 8.95. The Hall–Kier alpha value is -3.07. The average Bonchev–Trinajstić information content (AvgIpc) is 3.07. The zero-order chi connectivity index (χ0) is 18.1. The van der Waals surface area contributed by atoms with Gasteiger partial charge in [-0.2, -0.15) is 0 Å². The normalized spacial score (nSPS) is 12.3. The molecule has 0 saturated heterocycles. The van der Waals surface area contributed by atoms with Crippen molar-refractivity contribution in [1.29, 1.82) is 0 Å². The third-order valence-corrected chi connectivity index (χ3v) is 4.91. The molecule has 1 aromatic heterocycles. The summed E-state index contributed by atoms with van der Waals surface area (Å²) in [6.45, 7) is 2.24. The maximum Gasteiger partial charge on any atom is 0.141 e. The van der Waals surface area contributed by atoms with E-state index in [1.165, 1.54) is 11.3 Å². The molecule has 0 fully saturated rings. The van der Waals surface area contributed by atoms with Gasteiger partial charge in [0, 0.05) is 25.3 Å². The number of imidazole rings is 1. The maximum absolute atomic E-state index is 4.95. The second-order valence-corrected chi connectivity index (χ2v) is 6.82. The van der Waals surface area contributed by atoms with Crippen LogP contribution in [0.1, 0.15) is 18.5 Å². The molecule has 1 heterocycles. The summed E-state index contributed by atoms with van der Waals surface area (Å²) in [7, 11) is 4.11. The van der Waals surface area contributed by atoms with Crippen molar-refractivity contribution in [3.8, 4) is 11.4 Å². The molecule has 26 heavy (non-hydrogen) atoms. The van der Waals surface area contributed by atoms with E-state index in [2.05, 4.69) is 103 Å². The Morgan fingerprint density at radius 1 is 0.808 bits per heavy atom. The summed E-state index contributed by atoms with van der Waals surface area (Å²) in [5.74, 6) is 1.01. The summed E-state index contributed by atoms with van der Waals surface area (Å²) < 4.78 is 2.34. The zero-order valence-electron chi connectivity index (χ0n) is 15.4. The van der Waals surface area contributed by atoms with Crippen LogP contribution >= 0.6 is 0 Å². The summed E-state index contributed by atoms with van der Waals surface area (Å²) in [6, 6.07) is 27.8. The molecule has 0 bridgehead atoms. The van der Waals surface area contributed by atoms with Crippen LogP contribution in [-0.4, -0.2) is 23.6 Å². The fourth-order valence-corrected chi connectivity index (χ4v) is 3.43. The van der Waals surface area contributed by atoms with E-state index in [0.29, 0.717) is 0 Å². The van der Waals surface area contributed by atoms with E-state index in [0.717, 1.165) is 22.4 Å². The highest BCUT2D eigenvalue weighted by Crippen LogP contribution is 2.32. The van der Waals surface area contributed by atoms with Crippen LogP contribution in [0.25, 0.3) is 22.4 Å². The minimum absolute atomic E-state index is 0.201. The fraction of sp³-hybridized carbons (Fsp3) is 0.174. The number of anilines is 1. The van der Waals surface area contributed by atoms with Crippen LogP contribution in [0.4, 0.5) is 5.69 Å². The van der Waals surface area contributed by atoms with Crippen LogP contribution in [0.5, 0.6) is 0 Å². The first-order valence-electron chi connectivity index (χ1n) is 8.95. The number of benzene rings is 3. The van der Waals surface area contributed by atoms with Gasteiger partial charge in [0.25, 0.3) is 0 Å². The number of hydrogen-bond donors (Lipinski definition) is 0. The van der Waals surface area contributed by atoms with Crippen LogP contribution < -0.4 is 4.90 Å². The van der Waals surface area contributed by atoms with Crippen molar-refractivity contribution in [2.45, 2.75) is 13.0 Å². The smallest absolute Gasteiger partial charge is 0.141 e. The van der Waals surface area contributed by atoms with Crippen LogP contribution in [0.15, 0.2) is 78.9 Å². The molecule has 3 heteroatoms. The molecular formula is C23H23N3. The van der Waals surface area contributed by atoms with Crippen molar-refractivity contribution < 1.29 is 0 Å². The standard InChI is InChI=1S/C23H23N3/c1-17(18-9-5-4-6-10-18)26-22-12-8-7-11-21(22)24-23(26)19-13-15-20(16-14-19)25(2)3/h4-17H,1-3H3. The Labute approximate surface area is 154 Å². The molecule has 0 aliphatic heterocycles. The third kappa shape index (κ3) is 2.86. The van der Waals surface area contributed by atoms with Crippen LogP contribution in [0.3, 0.4) is 0 Å². The summed E-state index contributed by atoms with van der Waals surface area (Å²) in [5.41, 5.74) is 5.79.